The van der Waals surface area contributed by atoms with E-state index in [4.69, 9.17) is 0 Å². The molecule has 5 rings (SSSR count). The molecule has 4 aromatic heterocycles. The summed E-state index contributed by atoms with van der Waals surface area (Å²) in [5, 5.41) is 11.0. The predicted octanol–water partition coefficient (Wildman–Crippen LogP) is 3.57. The van der Waals surface area contributed by atoms with Gasteiger partial charge < -0.3 is 15.2 Å². The highest BCUT2D eigenvalue weighted by Gasteiger charge is 2.22. The lowest BCUT2D eigenvalue weighted by molar-refractivity contribution is -0.119. The summed E-state index contributed by atoms with van der Waals surface area (Å²) < 4.78 is 29.3. The van der Waals surface area contributed by atoms with Gasteiger partial charge in [-0.1, -0.05) is 0 Å². The summed E-state index contributed by atoms with van der Waals surface area (Å²) >= 11 is 0. The van der Waals surface area contributed by atoms with Crippen molar-refractivity contribution < 1.29 is 13.6 Å². The Balaban J connectivity index is 1.36. The van der Waals surface area contributed by atoms with Gasteiger partial charge in [0.25, 0.3) is 6.43 Å². The maximum absolute atomic E-state index is 13.0. The largest absolute Gasteiger partial charge is 0.354 e. The molecule has 34 heavy (non-hydrogen) atoms. The van der Waals surface area contributed by atoms with E-state index in [0.29, 0.717) is 28.6 Å². The maximum Gasteiger partial charge on any atom is 0.256 e. The Labute approximate surface area is 194 Å². The van der Waals surface area contributed by atoms with Crippen molar-refractivity contribution in [2.45, 2.75) is 64.6 Å². The number of amides is 1. The molecular formula is C23H26F2N8O. The van der Waals surface area contributed by atoms with Crippen molar-refractivity contribution >= 4 is 28.5 Å². The smallest absolute Gasteiger partial charge is 0.256 e. The van der Waals surface area contributed by atoms with Crippen molar-refractivity contribution in [3.05, 3.63) is 36.4 Å². The number of aromatic nitrogens is 6. The first-order chi connectivity index (χ1) is 16.4. The average Bonchev–Trinajstić information content (AvgIpc) is 3.34. The second-order valence-electron chi connectivity index (χ2n) is 8.73. The zero-order valence-electron chi connectivity index (χ0n) is 19.0. The molecule has 0 bridgehead atoms. The number of hydrogen-bond acceptors (Lipinski definition) is 6. The number of anilines is 1. The summed E-state index contributed by atoms with van der Waals surface area (Å²) in [6, 6.07) is 6.00. The van der Waals surface area contributed by atoms with E-state index in [-0.39, 0.29) is 18.0 Å². The van der Waals surface area contributed by atoms with E-state index in [0.717, 1.165) is 36.8 Å². The molecule has 1 amide bonds. The monoisotopic (exact) mass is 468 g/mol. The van der Waals surface area contributed by atoms with Crippen LogP contribution in [0.2, 0.25) is 0 Å². The Hall–Kier alpha value is -3.63. The Morgan fingerprint density at radius 1 is 1.15 bits per heavy atom. The second kappa shape index (κ2) is 8.96. The van der Waals surface area contributed by atoms with E-state index < -0.39 is 13.0 Å². The highest BCUT2D eigenvalue weighted by atomic mass is 19.3. The Morgan fingerprint density at radius 2 is 1.91 bits per heavy atom. The summed E-state index contributed by atoms with van der Waals surface area (Å²) in [5.41, 5.74) is 3.24. The number of carbonyl (C=O) groups is 1. The summed E-state index contributed by atoms with van der Waals surface area (Å²) in [7, 11) is 0. The SMILES string of the molecule is CC(=O)N[C@H]1CC[C@@H](Nc2ncc3c(-c4ccc5nc(C)n(CC(F)F)c5n4)ccn3n2)CC1. The summed E-state index contributed by atoms with van der Waals surface area (Å²) in [6.07, 6.45) is 4.78. The molecule has 1 aliphatic rings. The molecule has 0 saturated heterocycles. The van der Waals surface area contributed by atoms with E-state index in [1.807, 2.05) is 18.3 Å². The zero-order chi connectivity index (χ0) is 23.8. The number of halogens is 2. The van der Waals surface area contributed by atoms with E-state index in [9.17, 15) is 13.6 Å². The molecule has 0 spiro atoms. The molecule has 4 heterocycles. The van der Waals surface area contributed by atoms with Crippen molar-refractivity contribution in [3.8, 4) is 11.3 Å². The molecule has 1 fully saturated rings. The summed E-state index contributed by atoms with van der Waals surface area (Å²) in [5.74, 6) is 1.05. The third-order valence-corrected chi connectivity index (χ3v) is 6.26. The lowest BCUT2D eigenvalue weighted by atomic mass is 9.91. The number of pyridine rings is 1. The molecule has 0 radical (unpaired) electrons. The van der Waals surface area contributed by atoms with Gasteiger partial charge >= 0.3 is 0 Å². The standard InChI is InChI=1S/C23H26F2N8O/c1-13-27-19-8-7-18(30-22(19)32(13)12-21(24)25)17-9-10-33-20(17)11-26-23(31-33)29-16-5-3-15(4-6-16)28-14(2)34/h7-11,15-16,21H,3-6,12H2,1-2H3,(H,28,34)(H,29,31)/t15-,16+. The van der Waals surface area contributed by atoms with Gasteiger partial charge in [-0.3, -0.25) is 4.79 Å². The Morgan fingerprint density at radius 3 is 2.65 bits per heavy atom. The molecule has 1 aliphatic carbocycles. The molecule has 11 heteroatoms. The highest BCUT2D eigenvalue weighted by molar-refractivity contribution is 5.82. The van der Waals surface area contributed by atoms with Gasteiger partial charge in [0.05, 0.1) is 24.0 Å². The minimum Gasteiger partial charge on any atom is -0.354 e. The van der Waals surface area contributed by atoms with Gasteiger partial charge in [-0.15, -0.1) is 5.10 Å². The third-order valence-electron chi connectivity index (χ3n) is 6.26. The van der Waals surface area contributed by atoms with Crippen LogP contribution in [0.25, 0.3) is 27.9 Å². The van der Waals surface area contributed by atoms with Crippen LogP contribution in [0.3, 0.4) is 0 Å². The van der Waals surface area contributed by atoms with Crippen LogP contribution in [0.5, 0.6) is 0 Å². The molecular weight excluding hydrogens is 442 g/mol. The number of rotatable bonds is 6. The number of imidazole rings is 1. The second-order valence-corrected chi connectivity index (χ2v) is 8.73. The van der Waals surface area contributed by atoms with Crippen molar-refractivity contribution in [2.75, 3.05) is 5.32 Å². The molecule has 1 saturated carbocycles. The van der Waals surface area contributed by atoms with Gasteiger partial charge in [-0.2, -0.15) is 0 Å². The molecule has 0 unspecified atom stereocenters. The summed E-state index contributed by atoms with van der Waals surface area (Å²) in [4.78, 5) is 24.7. The number of nitrogens with zero attached hydrogens (tertiary/aromatic N) is 6. The molecule has 4 aromatic rings. The van der Waals surface area contributed by atoms with Gasteiger partial charge in [0.1, 0.15) is 11.3 Å². The maximum atomic E-state index is 13.0. The number of fused-ring (bicyclic) bond motifs is 2. The fraction of sp³-hybridized carbons (Fsp3) is 0.435. The molecule has 0 aromatic carbocycles. The first-order valence-electron chi connectivity index (χ1n) is 11.4. The topological polar surface area (TPSA) is 102 Å². The van der Waals surface area contributed by atoms with Crippen LogP contribution in [0.4, 0.5) is 14.7 Å². The molecule has 0 atom stereocenters. The number of nitrogens with one attached hydrogen (secondary N) is 2. The Bertz CT molecular complexity index is 1340. The van der Waals surface area contributed by atoms with E-state index in [2.05, 4.69) is 30.7 Å². The highest BCUT2D eigenvalue weighted by Crippen LogP contribution is 2.27. The molecule has 9 nitrogen and oxygen atoms in total. The number of aryl methyl sites for hydroxylation is 1. The van der Waals surface area contributed by atoms with Gasteiger partial charge in [0.2, 0.25) is 11.9 Å². The van der Waals surface area contributed by atoms with Crippen LogP contribution in [0.15, 0.2) is 30.6 Å². The first kappa shape index (κ1) is 22.2. The van der Waals surface area contributed by atoms with Crippen LogP contribution in [0, 0.1) is 6.92 Å². The van der Waals surface area contributed by atoms with Crippen molar-refractivity contribution in [1.29, 1.82) is 0 Å². The molecule has 2 N–H and O–H groups in total. The quantitative estimate of drug-likeness (QED) is 0.449. The minimum absolute atomic E-state index is 0.0101. The molecule has 178 valence electrons. The van der Waals surface area contributed by atoms with Gasteiger partial charge in [-0.25, -0.2) is 28.2 Å². The fourth-order valence-electron chi connectivity index (χ4n) is 4.66. The minimum atomic E-state index is -2.49. The number of carbonyl (C=O) groups excluding carboxylic acids is 1. The van der Waals surface area contributed by atoms with Crippen LogP contribution in [-0.4, -0.2) is 53.5 Å². The van der Waals surface area contributed by atoms with Crippen LogP contribution >= 0.6 is 0 Å². The van der Waals surface area contributed by atoms with Gasteiger partial charge in [0.15, 0.2) is 5.65 Å². The lowest BCUT2D eigenvalue weighted by Gasteiger charge is -2.29. The number of hydrogen-bond donors (Lipinski definition) is 2. The Kier molecular flexibility index (Phi) is 5.84. The fourth-order valence-corrected chi connectivity index (χ4v) is 4.66. The zero-order valence-corrected chi connectivity index (χ0v) is 19.0. The first-order valence-corrected chi connectivity index (χ1v) is 11.4. The third kappa shape index (κ3) is 4.42. The van der Waals surface area contributed by atoms with E-state index in [1.165, 1.54) is 4.57 Å². The normalized spacial score (nSPS) is 18.6. The summed E-state index contributed by atoms with van der Waals surface area (Å²) in [6.45, 7) is 2.80. The molecule has 0 aliphatic heterocycles. The van der Waals surface area contributed by atoms with Gasteiger partial charge in [-0.05, 0) is 50.8 Å². The van der Waals surface area contributed by atoms with E-state index >= 15 is 0 Å². The van der Waals surface area contributed by atoms with Gasteiger partial charge in [0, 0.05) is 30.8 Å². The van der Waals surface area contributed by atoms with Crippen molar-refractivity contribution in [2.24, 2.45) is 0 Å². The van der Waals surface area contributed by atoms with E-state index in [1.54, 1.807) is 30.6 Å². The average molecular weight is 469 g/mol. The predicted molar refractivity (Wildman–Crippen MR) is 124 cm³/mol. The lowest BCUT2D eigenvalue weighted by Crippen LogP contribution is -2.39. The van der Waals surface area contributed by atoms with Crippen LogP contribution in [-0.2, 0) is 11.3 Å². The van der Waals surface area contributed by atoms with Crippen molar-refractivity contribution in [3.63, 3.8) is 0 Å². The number of alkyl halides is 2. The van der Waals surface area contributed by atoms with Crippen molar-refractivity contribution in [1.82, 2.24) is 34.4 Å². The van der Waals surface area contributed by atoms with Crippen LogP contribution in [0.1, 0.15) is 38.4 Å². The van der Waals surface area contributed by atoms with Crippen LogP contribution < -0.4 is 10.6 Å².